The zero-order valence-corrected chi connectivity index (χ0v) is 16.1. The molecule has 0 fully saturated rings. The Morgan fingerprint density at radius 2 is 0.533 bits per heavy atom. The maximum absolute atomic E-state index is 3.61. The molecule has 0 saturated carbocycles. The van der Waals surface area contributed by atoms with Crippen LogP contribution in [-0.4, -0.2) is 19.9 Å². The van der Waals surface area contributed by atoms with Crippen molar-refractivity contribution in [3.05, 3.63) is 84.9 Å². The Kier molecular flexibility index (Phi) is 2.97. The summed E-state index contributed by atoms with van der Waals surface area (Å²) in [5, 5.41) is 4.92. The van der Waals surface area contributed by atoms with E-state index in [1.54, 1.807) is 0 Å². The molecule has 7 rings (SSSR count). The van der Waals surface area contributed by atoms with Crippen LogP contribution in [0.4, 0.5) is 0 Å². The van der Waals surface area contributed by atoms with Crippen molar-refractivity contribution in [2.24, 2.45) is 0 Å². The van der Waals surface area contributed by atoms with Gasteiger partial charge in [-0.2, -0.15) is 0 Å². The third-order valence-electron chi connectivity index (χ3n) is 6.01. The molecule has 0 aliphatic heterocycles. The number of hydrogen-bond donors (Lipinski definition) is 4. The Morgan fingerprint density at radius 1 is 0.300 bits per heavy atom. The van der Waals surface area contributed by atoms with Gasteiger partial charge in [0.15, 0.2) is 0 Å². The van der Waals surface area contributed by atoms with Gasteiger partial charge < -0.3 is 19.9 Å². The first kappa shape index (κ1) is 15.7. The molecule has 0 amide bonds. The van der Waals surface area contributed by atoms with Crippen molar-refractivity contribution in [2.45, 2.75) is 0 Å². The third-order valence-corrected chi connectivity index (χ3v) is 6.01. The van der Waals surface area contributed by atoms with E-state index in [0.29, 0.717) is 0 Å². The second-order valence-corrected chi connectivity index (χ2v) is 7.93. The first-order valence-electron chi connectivity index (χ1n) is 10.1. The quantitative estimate of drug-likeness (QED) is 0.202. The van der Waals surface area contributed by atoms with Crippen molar-refractivity contribution in [3.8, 4) is 0 Å². The van der Waals surface area contributed by atoms with Crippen LogP contribution in [0.1, 0.15) is 0 Å². The Morgan fingerprint density at radius 3 is 0.800 bits per heavy atom. The van der Waals surface area contributed by atoms with Gasteiger partial charge in [-0.3, -0.25) is 0 Å². The minimum Gasteiger partial charge on any atom is -0.352 e. The van der Waals surface area contributed by atoms with Gasteiger partial charge in [-0.1, -0.05) is 48.5 Å². The molecular formula is C26H18N4. The van der Waals surface area contributed by atoms with Gasteiger partial charge in [-0.25, -0.2) is 0 Å². The summed E-state index contributed by atoms with van der Waals surface area (Å²) in [4.78, 5) is 14.4. The Hall–Kier alpha value is -4.18. The predicted octanol–water partition coefficient (Wildman–Crippen LogP) is 7.04. The number of hydrogen-bond acceptors (Lipinski definition) is 0. The molecule has 2 heterocycles. The maximum Gasteiger partial charge on any atom is 0.0646 e. The molecule has 0 radical (unpaired) electrons. The van der Waals surface area contributed by atoms with Gasteiger partial charge in [0.25, 0.3) is 0 Å². The molecule has 30 heavy (non-hydrogen) atoms. The molecule has 7 aromatic rings. The van der Waals surface area contributed by atoms with Crippen molar-refractivity contribution in [2.75, 3.05) is 0 Å². The average molecular weight is 386 g/mol. The molecule has 5 aromatic carbocycles. The highest BCUT2D eigenvalue weighted by Gasteiger charge is 2.06. The van der Waals surface area contributed by atoms with Crippen LogP contribution in [0.2, 0.25) is 0 Å². The number of rotatable bonds is 0. The average Bonchev–Trinajstić information content (AvgIpc) is 2.77. The van der Waals surface area contributed by atoms with E-state index in [4.69, 9.17) is 0 Å². The van der Waals surface area contributed by atoms with E-state index in [-0.39, 0.29) is 0 Å². The van der Waals surface area contributed by atoms with Crippen molar-refractivity contribution >= 4 is 65.7 Å². The van der Waals surface area contributed by atoms with Crippen LogP contribution in [0, 0.1) is 0 Å². The Labute approximate surface area is 170 Å². The van der Waals surface area contributed by atoms with Crippen molar-refractivity contribution in [1.29, 1.82) is 0 Å². The SMILES string of the molecule is c1ccc2cc3[nH]c4cc5[nH]c6cc7ccccc7cc6[nH]c5cc4[nH]c3cc2c1. The van der Waals surface area contributed by atoms with Gasteiger partial charge in [-0.15, -0.1) is 0 Å². The molecule has 0 aliphatic rings. The van der Waals surface area contributed by atoms with E-state index in [1.807, 2.05) is 0 Å². The molecule has 0 aliphatic carbocycles. The lowest BCUT2D eigenvalue weighted by Gasteiger charge is -2.10. The lowest BCUT2D eigenvalue weighted by atomic mass is 10.1. The first-order chi connectivity index (χ1) is 14.8. The van der Waals surface area contributed by atoms with Crippen LogP contribution in [-0.2, 0) is 0 Å². The van der Waals surface area contributed by atoms with E-state index in [9.17, 15) is 0 Å². The molecule has 0 atom stereocenters. The Bertz CT molecular complexity index is 1540. The second kappa shape index (κ2) is 5.67. The second-order valence-electron chi connectivity index (χ2n) is 7.93. The number of aromatic nitrogens is 4. The van der Waals surface area contributed by atoms with Crippen LogP contribution in [0.5, 0.6) is 0 Å². The minimum absolute atomic E-state index is 1.06. The van der Waals surface area contributed by atoms with E-state index < -0.39 is 0 Å². The highest BCUT2D eigenvalue weighted by atomic mass is 14.8. The fourth-order valence-electron chi connectivity index (χ4n) is 4.49. The summed E-state index contributed by atoms with van der Waals surface area (Å²) in [5.74, 6) is 0. The number of aromatic amines is 4. The monoisotopic (exact) mass is 386 g/mol. The highest BCUT2D eigenvalue weighted by molar-refractivity contribution is 6.02. The van der Waals surface area contributed by atoms with Crippen LogP contribution < -0.4 is 0 Å². The van der Waals surface area contributed by atoms with Gasteiger partial charge in [0.05, 0.1) is 44.1 Å². The number of fused-ring (bicyclic) bond motifs is 6. The standard InChI is InChI=1S/C26H18N4/c1-2-6-16-10-20-19(9-15(16)5-1)27-23-13-25-26(14-24(23)28-20)30-22-12-18-8-4-3-7-17(18)11-21(22)29-25/h1-14,27-30H. The van der Waals surface area contributed by atoms with Gasteiger partial charge in [0.1, 0.15) is 0 Å². The molecular weight excluding hydrogens is 368 g/mol. The first-order valence-corrected chi connectivity index (χ1v) is 10.1. The summed E-state index contributed by atoms with van der Waals surface area (Å²) in [5.41, 5.74) is 8.63. The fourth-order valence-corrected chi connectivity index (χ4v) is 4.49. The molecule has 0 unspecified atom stereocenters. The predicted molar refractivity (Wildman–Crippen MR) is 127 cm³/mol. The van der Waals surface area contributed by atoms with Crippen LogP contribution >= 0.6 is 0 Å². The van der Waals surface area contributed by atoms with Gasteiger partial charge in [-0.05, 0) is 57.9 Å². The number of H-pyrrole nitrogens is 4. The number of benzene rings is 5. The van der Waals surface area contributed by atoms with E-state index in [0.717, 1.165) is 44.1 Å². The summed E-state index contributed by atoms with van der Waals surface area (Å²) in [6.45, 7) is 0. The highest BCUT2D eigenvalue weighted by Crippen LogP contribution is 2.27. The molecule has 0 saturated heterocycles. The summed E-state index contributed by atoms with van der Waals surface area (Å²) in [6, 6.07) is 30.0. The number of nitrogens with one attached hydrogen (secondary N) is 4. The van der Waals surface area contributed by atoms with E-state index in [1.165, 1.54) is 21.5 Å². The third kappa shape index (κ3) is 2.28. The van der Waals surface area contributed by atoms with Crippen LogP contribution in [0.3, 0.4) is 0 Å². The normalized spacial score (nSPS) is 12.0. The summed E-state index contributed by atoms with van der Waals surface area (Å²) in [6.07, 6.45) is 0. The van der Waals surface area contributed by atoms with Crippen LogP contribution in [0.25, 0.3) is 65.7 Å². The molecule has 142 valence electrons. The summed E-state index contributed by atoms with van der Waals surface area (Å²) in [7, 11) is 0. The molecule has 0 bridgehead atoms. The van der Waals surface area contributed by atoms with Crippen molar-refractivity contribution in [3.63, 3.8) is 0 Å². The molecule has 2 aromatic heterocycles. The smallest absolute Gasteiger partial charge is 0.0646 e. The zero-order chi connectivity index (χ0) is 19.7. The molecule has 4 nitrogen and oxygen atoms in total. The summed E-state index contributed by atoms with van der Waals surface area (Å²) >= 11 is 0. The van der Waals surface area contributed by atoms with Crippen LogP contribution in [0.15, 0.2) is 84.9 Å². The Balaban J connectivity index is 1.54. The van der Waals surface area contributed by atoms with Gasteiger partial charge in [0, 0.05) is 0 Å². The lowest BCUT2D eigenvalue weighted by molar-refractivity contribution is 1.37. The van der Waals surface area contributed by atoms with Crippen molar-refractivity contribution < 1.29 is 0 Å². The molecule has 0 spiro atoms. The molecule has 4 heteroatoms. The van der Waals surface area contributed by atoms with E-state index in [2.05, 4.69) is 105 Å². The van der Waals surface area contributed by atoms with Gasteiger partial charge >= 0.3 is 0 Å². The fraction of sp³-hybridized carbons (Fsp3) is 0. The van der Waals surface area contributed by atoms with E-state index >= 15 is 0 Å². The summed E-state index contributed by atoms with van der Waals surface area (Å²) < 4.78 is 0. The molecule has 4 N–H and O–H groups in total. The maximum atomic E-state index is 3.61. The minimum atomic E-state index is 1.06. The zero-order valence-electron chi connectivity index (χ0n) is 16.1. The van der Waals surface area contributed by atoms with Gasteiger partial charge in [0.2, 0.25) is 0 Å². The topological polar surface area (TPSA) is 63.2 Å². The van der Waals surface area contributed by atoms with Crippen molar-refractivity contribution in [1.82, 2.24) is 19.9 Å². The largest absolute Gasteiger partial charge is 0.352 e. The lowest BCUT2D eigenvalue weighted by Crippen LogP contribution is -1.92.